The van der Waals surface area contributed by atoms with Gasteiger partial charge >= 0.3 is 0 Å². The molecule has 3 rings (SSSR count). The van der Waals surface area contributed by atoms with E-state index in [-0.39, 0.29) is 5.91 Å². The van der Waals surface area contributed by atoms with Crippen LogP contribution < -0.4 is 0 Å². The molecular formula is C17H23N3OS. The number of nitrogens with zero attached hydrogens (tertiary/aromatic N) is 2. The SMILES string of the molecule is CCc1cc(C(=O)N2CCc3[nH]nc(C(C)CC)c3C2)cs1. The highest BCUT2D eigenvalue weighted by atomic mass is 32.1. The average Bonchev–Trinajstić information content (AvgIpc) is 3.19. The standard InChI is InChI=1S/C17H23N3OS/c1-4-11(3)16-14-9-20(7-6-15(14)18-19-16)17(21)12-8-13(5-2)22-10-12/h8,10-11H,4-7,9H2,1-3H3,(H,18,19). The summed E-state index contributed by atoms with van der Waals surface area (Å²) >= 11 is 1.67. The van der Waals surface area contributed by atoms with Crippen LogP contribution in [-0.4, -0.2) is 27.5 Å². The van der Waals surface area contributed by atoms with Crippen molar-refractivity contribution in [1.29, 1.82) is 0 Å². The van der Waals surface area contributed by atoms with E-state index in [0.717, 1.165) is 37.1 Å². The number of carbonyl (C=O) groups is 1. The summed E-state index contributed by atoms with van der Waals surface area (Å²) in [5, 5.41) is 9.65. The monoisotopic (exact) mass is 317 g/mol. The summed E-state index contributed by atoms with van der Waals surface area (Å²) in [7, 11) is 0. The summed E-state index contributed by atoms with van der Waals surface area (Å²) in [5.41, 5.74) is 4.41. The number of aromatic amines is 1. The quantitative estimate of drug-likeness (QED) is 0.933. The van der Waals surface area contributed by atoms with Crippen molar-refractivity contribution in [2.24, 2.45) is 0 Å². The van der Waals surface area contributed by atoms with Gasteiger partial charge in [0.05, 0.1) is 11.3 Å². The van der Waals surface area contributed by atoms with Gasteiger partial charge in [-0.15, -0.1) is 11.3 Å². The third-order valence-electron chi connectivity index (χ3n) is 4.58. The maximum atomic E-state index is 12.7. The van der Waals surface area contributed by atoms with Crippen molar-refractivity contribution in [1.82, 2.24) is 15.1 Å². The highest BCUT2D eigenvalue weighted by Crippen LogP contribution is 2.28. The molecule has 118 valence electrons. The van der Waals surface area contributed by atoms with Gasteiger partial charge in [-0.1, -0.05) is 20.8 Å². The zero-order valence-electron chi connectivity index (χ0n) is 13.5. The van der Waals surface area contributed by atoms with Crippen molar-refractivity contribution in [3.63, 3.8) is 0 Å². The topological polar surface area (TPSA) is 49.0 Å². The summed E-state index contributed by atoms with van der Waals surface area (Å²) in [6, 6.07) is 2.04. The molecule has 0 bridgehead atoms. The predicted molar refractivity (Wildman–Crippen MR) is 89.4 cm³/mol. The second kappa shape index (κ2) is 6.24. The van der Waals surface area contributed by atoms with Crippen LogP contribution in [0.4, 0.5) is 0 Å². The fraction of sp³-hybridized carbons (Fsp3) is 0.529. The Morgan fingerprint density at radius 1 is 1.50 bits per heavy atom. The first kappa shape index (κ1) is 15.3. The van der Waals surface area contributed by atoms with Crippen molar-refractivity contribution in [2.45, 2.75) is 52.5 Å². The second-order valence-electron chi connectivity index (χ2n) is 6.01. The number of H-pyrrole nitrogens is 1. The molecule has 0 radical (unpaired) electrons. The molecule has 22 heavy (non-hydrogen) atoms. The van der Waals surface area contributed by atoms with Gasteiger partial charge in [0.15, 0.2) is 0 Å². The fourth-order valence-corrected chi connectivity index (χ4v) is 3.76. The Bertz CT molecular complexity index is 673. The Labute approximate surface area is 135 Å². The van der Waals surface area contributed by atoms with Crippen LogP contribution in [0, 0.1) is 0 Å². The number of thiophene rings is 1. The van der Waals surface area contributed by atoms with Gasteiger partial charge < -0.3 is 4.90 Å². The summed E-state index contributed by atoms with van der Waals surface area (Å²) < 4.78 is 0. The lowest BCUT2D eigenvalue weighted by molar-refractivity contribution is 0.0734. The van der Waals surface area contributed by atoms with Gasteiger partial charge in [-0.2, -0.15) is 5.10 Å². The molecule has 0 aliphatic carbocycles. The number of aryl methyl sites for hydroxylation is 1. The Hall–Kier alpha value is -1.62. The van der Waals surface area contributed by atoms with Crippen LogP contribution in [0.15, 0.2) is 11.4 Å². The van der Waals surface area contributed by atoms with E-state index in [4.69, 9.17) is 0 Å². The van der Waals surface area contributed by atoms with E-state index in [1.807, 2.05) is 16.3 Å². The van der Waals surface area contributed by atoms with E-state index in [1.165, 1.54) is 16.1 Å². The van der Waals surface area contributed by atoms with Gasteiger partial charge in [-0.3, -0.25) is 9.89 Å². The molecule has 2 aromatic rings. The molecule has 1 atom stereocenters. The van der Waals surface area contributed by atoms with Crippen molar-refractivity contribution < 1.29 is 4.79 Å². The lowest BCUT2D eigenvalue weighted by Crippen LogP contribution is -2.36. The zero-order valence-corrected chi connectivity index (χ0v) is 14.3. The number of rotatable bonds is 4. The van der Waals surface area contributed by atoms with Crippen LogP contribution in [0.5, 0.6) is 0 Å². The van der Waals surface area contributed by atoms with Crippen LogP contribution >= 0.6 is 11.3 Å². The molecule has 0 spiro atoms. The Balaban J connectivity index is 1.81. The first-order valence-corrected chi connectivity index (χ1v) is 8.94. The minimum atomic E-state index is 0.151. The smallest absolute Gasteiger partial charge is 0.255 e. The molecule has 4 nitrogen and oxygen atoms in total. The summed E-state index contributed by atoms with van der Waals surface area (Å²) in [5.74, 6) is 0.584. The number of hydrogen-bond donors (Lipinski definition) is 1. The van der Waals surface area contributed by atoms with Crippen LogP contribution in [0.1, 0.15) is 65.3 Å². The zero-order chi connectivity index (χ0) is 15.7. The number of nitrogens with one attached hydrogen (secondary N) is 1. The molecule has 1 aliphatic heterocycles. The van der Waals surface area contributed by atoms with E-state index < -0.39 is 0 Å². The number of aromatic nitrogens is 2. The lowest BCUT2D eigenvalue weighted by Gasteiger charge is -2.27. The maximum Gasteiger partial charge on any atom is 0.255 e. The summed E-state index contributed by atoms with van der Waals surface area (Å²) in [4.78, 5) is 15.9. The third-order valence-corrected chi connectivity index (χ3v) is 5.66. The van der Waals surface area contributed by atoms with Crippen molar-refractivity contribution in [2.75, 3.05) is 6.54 Å². The van der Waals surface area contributed by atoms with Crippen molar-refractivity contribution in [3.05, 3.63) is 38.8 Å². The van der Waals surface area contributed by atoms with Crippen LogP contribution in [0.3, 0.4) is 0 Å². The lowest BCUT2D eigenvalue weighted by atomic mass is 9.96. The molecule has 3 heterocycles. The molecular weight excluding hydrogens is 294 g/mol. The normalized spacial score (nSPS) is 15.7. The van der Waals surface area contributed by atoms with Crippen LogP contribution in [0.2, 0.25) is 0 Å². The predicted octanol–water partition coefficient (Wildman–Crippen LogP) is 3.75. The number of fused-ring (bicyclic) bond motifs is 1. The molecule has 1 amide bonds. The largest absolute Gasteiger partial charge is 0.334 e. The van der Waals surface area contributed by atoms with Gasteiger partial charge in [0, 0.05) is 46.9 Å². The van der Waals surface area contributed by atoms with E-state index in [9.17, 15) is 4.79 Å². The van der Waals surface area contributed by atoms with Gasteiger partial charge in [-0.05, 0) is 18.9 Å². The van der Waals surface area contributed by atoms with Gasteiger partial charge in [0.1, 0.15) is 0 Å². The highest BCUT2D eigenvalue weighted by molar-refractivity contribution is 7.10. The maximum absolute atomic E-state index is 12.7. The van der Waals surface area contributed by atoms with Gasteiger partial charge in [0.25, 0.3) is 5.91 Å². The van der Waals surface area contributed by atoms with Gasteiger partial charge in [0.2, 0.25) is 0 Å². The molecule has 1 unspecified atom stereocenters. The minimum Gasteiger partial charge on any atom is -0.334 e. The van der Waals surface area contributed by atoms with Crippen molar-refractivity contribution >= 4 is 17.2 Å². The summed E-state index contributed by atoms with van der Waals surface area (Å²) in [6.45, 7) is 7.95. The van der Waals surface area contributed by atoms with E-state index >= 15 is 0 Å². The van der Waals surface area contributed by atoms with Crippen LogP contribution in [0.25, 0.3) is 0 Å². The molecule has 5 heteroatoms. The van der Waals surface area contributed by atoms with Crippen molar-refractivity contribution in [3.8, 4) is 0 Å². The van der Waals surface area contributed by atoms with Gasteiger partial charge in [-0.25, -0.2) is 0 Å². The summed E-state index contributed by atoms with van der Waals surface area (Å²) in [6.07, 6.45) is 2.92. The van der Waals surface area contributed by atoms with E-state index in [1.54, 1.807) is 11.3 Å². The first-order valence-electron chi connectivity index (χ1n) is 8.06. The number of amides is 1. The molecule has 0 fully saturated rings. The average molecular weight is 317 g/mol. The first-order chi connectivity index (χ1) is 10.6. The van der Waals surface area contributed by atoms with Crippen LogP contribution in [-0.2, 0) is 19.4 Å². The molecule has 0 aromatic carbocycles. The minimum absolute atomic E-state index is 0.151. The fourth-order valence-electron chi connectivity index (χ4n) is 2.95. The number of carbonyl (C=O) groups excluding carboxylic acids is 1. The Morgan fingerprint density at radius 2 is 2.32 bits per heavy atom. The highest BCUT2D eigenvalue weighted by Gasteiger charge is 2.27. The number of hydrogen-bond acceptors (Lipinski definition) is 3. The molecule has 0 saturated carbocycles. The van der Waals surface area contributed by atoms with E-state index in [0.29, 0.717) is 12.5 Å². The molecule has 1 N–H and O–H groups in total. The molecule has 1 aliphatic rings. The Kier molecular flexibility index (Phi) is 4.34. The Morgan fingerprint density at radius 3 is 3.00 bits per heavy atom. The second-order valence-corrected chi connectivity index (χ2v) is 7.00. The van der Waals surface area contributed by atoms with E-state index in [2.05, 4.69) is 31.0 Å². The molecule has 0 saturated heterocycles. The third kappa shape index (κ3) is 2.70. The molecule has 2 aromatic heterocycles.